The molecular weight excluding hydrogens is 290 g/mol. The van der Waals surface area contributed by atoms with Crippen molar-refractivity contribution in [3.05, 3.63) is 41.9 Å². The molecule has 0 aliphatic carbocycles. The summed E-state index contributed by atoms with van der Waals surface area (Å²) in [6.07, 6.45) is 5.82. The molecule has 5 nitrogen and oxygen atoms in total. The van der Waals surface area contributed by atoms with Crippen molar-refractivity contribution >= 4 is 6.09 Å². The fourth-order valence-corrected chi connectivity index (χ4v) is 2.52. The predicted octanol–water partition coefficient (Wildman–Crippen LogP) is 4.49. The van der Waals surface area contributed by atoms with E-state index in [-0.39, 0.29) is 0 Å². The molecular formula is C18H25N3O2. The number of imidazole rings is 1. The number of nitrogens with two attached hydrogens (primary N) is 1. The van der Waals surface area contributed by atoms with E-state index in [1.807, 2.05) is 37.4 Å². The summed E-state index contributed by atoms with van der Waals surface area (Å²) in [4.78, 5) is 18.8. The van der Waals surface area contributed by atoms with Gasteiger partial charge in [0.2, 0.25) is 0 Å². The number of aryl methyl sites for hydroxylation is 1. The number of amides is 1. The zero-order valence-corrected chi connectivity index (χ0v) is 13.8. The molecule has 0 bridgehead atoms. The van der Waals surface area contributed by atoms with Crippen LogP contribution in [0.2, 0.25) is 0 Å². The van der Waals surface area contributed by atoms with Gasteiger partial charge in [-0.2, -0.15) is 0 Å². The summed E-state index contributed by atoms with van der Waals surface area (Å²) in [7, 11) is 0. The number of carbonyl (C=O) groups is 1. The lowest BCUT2D eigenvalue weighted by Gasteiger charge is -2.14. The van der Waals surface area contributed by atoms with Gasteiger partial charge in [0.05, 0.1) is 5.69 Å². The van der Waals surface area contributed by atoms with Crippen molar-refractivity contribution in [3.63, 3.8) is 0 Å². The molecule has 3 N–H and O–H groups in total. The van der Waals surface area contributed by atoms with Crippen molar-refractivity contribution in [2.24, 2.45) is 5.73 Å². The molecule has 23 heavy (non-hydrogen) atoms. The number of aromatic amines is 1. The average molecular weight is 315 g/mol. The Balaban J connectivity index is 2.09. The van der Waals surface area contributed by atoms with Gasteiger partial charge in [0.15, 0.2) is 6.10 Å². The van der Waals surface area contributed by atoms with Crippen LogP contribution in [-0.4, -0.2) is 16.1 Å². The molecule has 2 aromatic rings. The number of carbonyl (C=O) groups excluding carboxylic acids is 1. The highest BCUT2D eigenvalue weighted by Gasteiger charge is 2.19. The third-order valence-electron chi connectivity index (χ3n) is 3.83. The number of benzene rings is 1. The number of nitrogens with zero attached hydrogens (tertiary/aromatic N) is 1. The van der Waals surface area contributed by atoms with Crippen LogP contribution >= 0.6 is 0 Å². The van der Waals surface area contributed by atoms with Gasteiger partial charge >= 0.3 is 6.09 Å². The van der Waals surface area contributed by atoms with Gasteiger partial charge in [0.25, 0.3) is 0 Å². The number of nitrogens with one attached hydrogen (secondary N) is 1. The molecule has 0 unspecified atom stereocenters. The molecule has 0 aliphatic rings. The maximum Gasteiger partial charge on any atom is 0.405 e. The molecule has 0 spiro atoms. The van der Waals surface area contributed by atoms with Crippen LogP contribution in [0, 0.1) is 6.92 Å². The Morgan fingerprint density at radius 3 is 2.65 bits per heavy atom. The second-order valence-corrected chi connectivity index (χ2v) is 5.81. The largest absolute Gasteiger partial charge is 0.438 e. The molecule has 1 aromatic heterocycles. The third kappa shape index (κ3) is 5.13. The Morgan fingerprint density at radius 2 is 2.00 bits per heavy atom. The van der Waals surface area contributed by atoms with Crippen molar-refractivity contribution in [1.82, 2.24) is 9.97 Å². The molecule has 0 fully saturated rings. The average Bonchev–Trinajstić information content (AvgIpc) is 3.00. The Hall–Kier alpha value is -2.30. The van der Waals surface area contributed by atoms with E-state index < -0.39 is 12.2 Å². The molecule has 0 saturated heterocycles. The fourth-order valence-electron chi connectivity index (χ4n) is 2.52. The Kier molecular flexibility index (Phi) is 6.20. The van der Waals surface area contributed by atoms with Gasteiger partial charge in [-0.1, -0.05) is 56.0 Å². The zero-order chi connectivity index (χ0) is 16.7. The predicted molar refractivity (Wildman–Crippen MR) is 90.9 cm³/mol. The first-order valence-corrected chi connectivity index (χ1v) is 8.18. The third-order valence-corrected chi connectivity index (χ3v) is 3.83. The summed E-state index contributed by atoms with van der Waals surface area (Å²) < 4.78 is 5.23. The van der Waals surface area contributed by atoms with Crippen molar-refractivity contribution in [3.8, 4) is 11.3 Å². The van der Waals surface area contributed by atoms with Gasteiger partial charge in [-0.15, -0.1) is 0 Å². The number of hydrogen-bond acceptors (Lipinski definition) is 3. The van der Waals surface area contributed by atoms with Crippen molar-refractivity contribution in [1.29, 1.82) is 0 Å². The van der Waals surface area contributed by atoms with Gasteiger partial charge in [-0.25, -0.2) is 9.78 Å². The molecule has 0 aliphatic heterocycles. The maximum atomic E-state index is 11.1. The first-order chi connectivity index (χ1) is 11.1. The number of H-pyrrole nitrogens is 1. The number of unbranched alkanes of at least 4 members (excludes halogenated alkanes) is 3. The summed E-state index contributed by atoms with van der Waals surface area (Å²) in [6, 6.07) is 8.15. The minimum Gasteiger partial charge on any atom is -0.438 e. The summed E-state index contributed by atoms with van der Waals surface area (Å²) in [5, 5.41) is 0. The van der Waals surface area contributed by atoms with Crippen LogP contribution in [0.4, 0.5) is 4.79 Å². The highest BCUT2D eigenvalue weighted by Crippen LogP contribution is 2.25. The monoisotopic (exact) mass is 315 g/mol. The number of hydrogen-bond donors (Lipinski definition) is 2. The quantitative estimate of drug-likeness (QED) is 0.704. The van der Waals surface area contributed by atoms with Crippen molar-refractivity contribution in [2.75, 3.05) is 0 Å². The zero-order valence-electron chi connectivity index (χ0n) is 13.8. The lowest BCUT2D eigenvalue weighted by atomic mass is 10.1. The first-order valence-electron chi connectivity index (χ1n) is 8.18. The molecule has 1 heterocycles. The van der Waals surface area contributed by atoms with Crippen LogP contribution in [0.15, 0.2) is 30.5 Å². The molecule has 5 heteroatoms. The lowest BCUT2D eigenvalue weighted by Crippen LogP contribution is -2.18. The van der Waals surface area contributed by atoms with Crippen LogP contribution in [0.1, 0.15) is 56.5 Å². The SMILES string of the molecule is CCCCCC[C@H](OC(N)=O)c1nc(-c2ccc(C)cc2)c[nH]1. The topological polar surface area (TPSA) is 81.0 Å². The minimum atomic E-state index is -0.765. The molecule has 1 aromatic carbocycles. The smallest absolute Gasteiger partial charge is 0.405 e. The maximum absolute atomic E-state index is 11.1. The number of primary amides is 1. The first kappa shape index (κ1) is 17.1. The minimum absolute atomic E-state index is 0.413. The van der Waals surface area contributed by atoms with Crippen LogP contribution in [0.5, 0.6) is 0 Å². The molecule has 0 radical (unpaired) electrons. The van der Waals surface area contributed by atoms with E-state index in [9.17, 15) is 4.79 Å². The van der Waals surface area contributed by atoms with E-state index in [4.69, 9.17) is 10.5 Å². The molecule has 2 rings (SSSR count). The molecule has 124 valence electrons. The Morgan fingerprint density at radius 1 is 1.26 bits per heavy atom. The van der Waals surface area contributed by atoms with Crippen LogP contribution < -0.4 is 5.73 Å². The Labute approximate surface area is 137 Å². The second-order valence-electron chi connectivity index (χ2n) is 5.81. The van der Waals surface area contributed by atoms with Crippen LogP contribution in [0.25, 0.3) is 11.3 Å². The van der Waals surface area contributed by atoms with Crippen LogP contribution in [-0.2, 0) is 4.74 Å². The van der Waals surface area contributed by atoms with E-state index in [0.717, 1.165) is 30.5 Å². The van der Waals surface area contributed by atoms with Crippen molar-refractivity contribution in [2.45, 2.75) is 52.1 Å². The van der Waals surface area contributed by atoms with E-state index in [0.29, 0.717) is 5.82 Å². The summed E-state index contributed by atoms with van der Waals surface area (Å²) in [6.45, 7) is 4.21. The highest BCUT2D eigenvalue weighted by molar-refractivity contribution is 5.65. The van der Waals surface area contributed by atoms with E-state index in [1.165, 1.54) is 18.4 Å². The molecule has 1 amide bonds. The Bertz CT molecular complexity index is 619. The van der Waals surface area contributed by atoms with E-state index >= 15 is 0 Å². The van der Waals surface area contributed by atoms with Gasteiger partial charge in [-0.05, 0) is 19.8 Å². The summed E-state index contributed by atoms with van der Waals surface area (Å²) in [5.41, 5.74) is 8.27. The normalized spacial score (nSPS) is 12.1. The molecule has 1 atom stereocenters. The van der Waals surface area contributed by atoms with Gasteiger partial charge in [0.1, 0.15) is 5.82 Å². The van der Waals surface area contributed by atoms with E-state index in [2.05, 4.69) is 16.9 Å². The standard InChI is InChI=1S/C18H25N3O2/c1-3-4-5-6-7-16(23-18(19)22)17-20-12-15(21-17)14-10-8-13(2)9-11-14/h8-12,16H,3-7H2,1-2H3,(H2,19,22)(H,20,21)/t16-/m0/s1. The lowest BCUT2D eigenvalue weighted by molar-refractivity contribution is 0.0947. The van der Waals surface area contributed by atoms with Crippen molar-refractivity contribution < 1.29 is 9.53 Å². The highest BCUT2D eigenvalue weighted by atomic mass is 16.6. The number of ether oxygens (including phenoxy) is 1. The number of rotatable bonds is 8. The number of aromatic nitrogens is 2. The van der Waals surface area contributed by atoms with E-state index in [1.54, 1.807) is 0 Å². The van der Waals surface area contributed by atoms with Crippen LogP contribution in [0.3, 0.4) is 0 Å². The van der Waals surface area contributed by atoms with Gasteiger partial charge in [-0.3, -0.25) is 0 Å². The second kappa shape index (κ2) is 8.36. The summed E-state index contributed by atoms with van der Waals surface area (Å²) in [5.74, 6) is 0.649. The van der Waals surface area contributed by atoms with Gasteiger partial charge in [0, 0.05) is 11.8 Å². The molecule has 0 saturated carbocycles. The van der Waals surface area contributed by atoms with Gasteiger partial charge < -0.3 is 15.5 Å². The summed E-state index contributed by atoms with van der Waals surface area (Å²) >= 11 is 0. The fraction of sp³-hybridized carbons (Fsp3) is 0.444.